The maximum Gasteiger partial charge on any atom is 0.471 e. The summed E-state index contributed by atoms with van der Waals surface area (Å²) >= 11 is 1.45. The lowest BCUT2D eigenvalue weighted by molar-refractivity contribution is -0.186. The SMILES string of the molecule is O=C(N1CCC(Sc2ccc(S(=O)(=O)Cl)cc2)CC1)C(F)(F)F. The second kappa shape index (κ2) is 6.90. The Kier molecular flexibility index (Phi) is 5.52. The molecule has 0 aliphatic carbocycles. The first-order valence-corrected chi connectivity index (χ1v) is 9.84. The van der Waals surface area contributed by atoms with Gasteiger partial charge in [-0.15, -0.1) is 11.8 Å². The maximum absolute atomic E-state index is 12.4. The summed E-state index contributed by atoms with van der Waals surface area (Å²) in [5, 5.41) is 0.0748. The zero-order chi connectivity index (χ0) is 17.3. The highest BCUT2D eigenvalue weighted by Crippen LogP contribution is 2.32. The molecule has 0 bridgehead atoms. The highest BCUT2D eigenvalue weighted by Gasteiger charge is 2.43. The van der Waals surface area contributed by atoms with E-state index in [4.69, 9.17) is 10.7 Å². The van der Waals surface area contributed by atoms with Crippen LogP contribution in [0.3, 0.4) is 0 Å². The standard InChI is InChI=1S/C13H13ClF3NO3S2/c14-23(20,21)11-3-1-9(2-4-11)22-10-5-7-18(8-6-10)12(19)13(15,16)17/h1-4,10H,5-8H2. The number of amides is 1. The fraction of sp³-hybridized carbons (Fsp3) is 0.462. The van der Waals surface area contributed by atoms with Gasteiger partial charge in [0.2, 0.25) is 0 Å². The van der Waals surface area contributed by atoms with E-state index in [1.54, 1.807) is 12.1 Å². The summed E-state index contributed by atoms with van der Waals surface area (Å²) in [5.41, 5.74) is 0. The van der Waals surface area contributed by atoms with E-state index in [1.165, 1.54) is 23.9 Å². The molecule has 1 aliphatic heterocycles. The summed E-state index contributed by atoms with van der Waals surface area (Å²) in [6.45, 7) is 0.119. The van der Waals surface area contributed by atoms with Gasteiger partial charge in [0.15, 0.2) is 0 Å². The number of piperidine rings is 1. The van der Waals surface area contributed by atoms with Crippen molar-refractivity contribution in [2.75, 3.05) is 13.1 Å². The summed E-state index contributed by atoms with van der Waals surface area (Å²) in [7, 11) is 1.45. The molecule has 1 aromatic carbocycles. The lowest BCUT2D eigenvalue weighted by Gasteiger charge is -2.32. The summed E-state index contributed by atoms with van der Waals surface area (Å²) in [6, 6.07) is 5.97. The van der Waals surface area contributed by atoms with Gasteiger partial charge in [0.1, 0.15) is 0 Å². The Morgan fingerprint density at radius 3 is 2.13 bits per heavy atom. The van der Waals surface area contributed by atoms with Gasteiger partial charge < -0.3 is 4.90 Å². The molecule has 2 rings (SSSR count). The van der Waals surface area contributed by atoms with E-state index in [0.717, 1.165) is 9.80 Å². The van der Waals surface area contributed by atoms with Crippen LogP contribution in [0.1, 0.15) is 12.8 Å². The Morgan fingerprint density at radius 2 is 1.70 bits per heavy atom. The smallest absolute Gasteiger partial charge is 0.335 e. The van der Waals surface area contributed by atoms with Crippen molar-refractivity contribution < 1.29 is 26.4 Å². The molecule has 0 radical (unpaired) electrons. The fourth-order valence-corrected chi connectivity index (χ4v) is 4.12. The van der Waals surface area contributed by atoms with Crippen LogP contribution in [0.25, 0.3) is 0 Å². The van der Waals surface area contributed by atoms with Gasteiger partial charge in [0, 0.05) is 33.9 Å². The normalized spacial score (nSPS) is 17.3. The first-order valence-electron chi connectivity index (χ1n) is 6.65. The number of hydrogen-bond acceptors (Lipinski definition) is 4. The minimum absolute atomic E-state index is 0.00545. The second-order valence-corrected chi connectivity index (χ2v) is 8.96. The van der Waals surface area contributed by atoms with E-state index in [1.807, 2.05) is 0 Å². The first-order chi connectivity index (χ1) is 10.6. The molecule has 1 saturated heterocycles. The van der Waals surface area contributed by atoms with Crippen molar-refractivity contribution in [3.63, 3.8) is 0 Å². The van der Waals surface area contributed by atoms with Crippen LogP contribution in [0.2, 0.25) is 0 Å². The number of carbonyl (C=O) groups excluding carboxylic acids is 1. The van der Waals surface area contributed by atoms with Crippen LogP contribution in [-0.4, -0.2) is 43.7 Å². The van der Waals surface area contributed by atoms with Crippen LogP contribution in [0.4, 0.5) is 13.2 Å². The number of halogens is 4. The molecule has 10 heteroatoms. The highest BCUT2D eigenvalue weighted by molar-refractivity contribution is 8.13. The average molecular weight is 388 g/mol. The fourth-order valence-electron chi connectivity index (χ4n) is 2.23. The summed E-state index contributed by atoms with van der Waals surface area (Å²) in [5.74, 6) is -1.79. The van der Waals surface area contributed by atoms with Gasteiger partial charge in [-0.2, -0.15) is 13.2 Å². The molecule has 0 saturated carbocycles. The van der Waals surface area contributed by atoms with Gasteiger partial charge in [-0.25, -0.2) is 8.42 Å². The van der Waals surface area contributed by atoms with E-state index in [0.29, 0.717) is 12.8 Å². The van der Waals surface area contributed by atoms with Crippen LogP contribution in [-0.2, 0) is 13.8 Å². The molecule has 23 heavy (non-hydrogen) atoms. The van der Waals surface area contributed by atoms with Crippen molar-refractivity contribution in [1.82, 2.24) is 4.90 Å². The van der Waals surface area contributed by atoms with E-state index in [9.17, 15) is 26.4 Å². The van der Waals surface area contributed by atoms with Crippen molar-refractivity contribution in [2.24, 2.45) is 0 Å². The molecule has 1 aromatic rings. The molecule has 0 unspecified atom stereocenters. The number of likely N-dealkylation sites (tertiary alicyclic amines) is 1. The number of nitrogens with zero attached hydrogens (tertiary/aromatic N) is 1. The molecule has 1 fully saturated rings. The lowest BCUT2D eigenvalue weighted by Crippen LogP contribution is -2.45. The van der Waals surface area contributed by atoms with Crippen molar-refractivity contribution in [3.8, 4) is 0 Å². The van der Waals surface area contributed by atoms with Gasteiger partial charge in [-0.05, 0) is 37.1 Å². The van der Waals surface area contributed by atoms with E-state index < -0.39 is 21.1 Å². The van der Waals surface area contributed by atoms with Crippen molar-refractivity contribution >= 4 is 37.4 Å². The molecule has 0 spiro atoms. The lowest BCUT2D eigenvalue weighted by atomic mass is 10.1. The minimum atomic E-state index is -4.83. The van der Waals surface area contributed by atoms with Crippen molar-refractivity contribution in [3.05, 3.63) is 24.3 Å². The molecular formula is C13H13ClF3NO3S2. The maximum atomic E-state index is 12.4. The molecule has 1 heterocycles. The van der Waals surface area contributed by atoms with Crippen LogP contribution >= 0.6 is 22.4 Å². The number of carbonyl (C=O) groups is 1. The third-order valence-electron chi connectivity index (χ3n) is 3.38. The molecule has 0 atom stereocenters. The van der Waals surface area contributed by atoms with Crippen LogP contribution in [0.15, 0.2) is 34.1 Å². The van der Waals surface area contributed by atoms with E-state index >= 15 is 0 Å². The average Bonchev–Trinajstić information content (AvgIpc) is 2.46. The molecule has 128 valence electrons. The number of benzene rings is 1. The van der Waals surface area contributed by atoms with Crippen LogP contribution in [0, 0.1) is 0 Å². The predicted molar refractivity (Wildman–Crippen MR) is 81.0 cm³/mol. The van der Waals surface area contributed by atoms with Crippen LogP contribution < -0.4 is 0 Å². The minimum Gasteiger partial charge on any atom is -0.335 e. The highest BCUT2D eigenvalue weighted by atomic mass is 35.7. The van der Waals surface area contributed by atoms with Gasteiger partial charge >= 0.3 is 12.1 Å². The van der Waals surface area contributed by atoms with Gasteiger partial charge in [0.05, 0.1) is 4.90 Å². The molecule has 0 N–H and O–H groups in total. The van der Waals surface area contributed by atoms with Crippen molar-refractivity contribution in [1.29, 1.82) is 0 Å². The number of hydrogen-bond donors (Lipinski definition) is 0. The summed E-state index contributed by atoms with van der Waals surface area (Å²) < 4.78 is 59.4. The molecule has 0 aromatic heterocycles. The molecular weight excluding hydrogens is 375 g/mol. The summed E-state index contributed by atoms with van der Waals surface area (Å²) in [6.07, 6.45) is -3.94. The first kappa shape index (κ1) is 18.4. The monoisotopic (exact) mass is 387 g/mol. The third kappa shape index (κ3) is 5.02. The molecule has 1 aliphatic rings. The summed E-state index contributed by atoms with van der Waals surface area (Å²) in [4.78, 5) is 12.8. The number of thioether (sulfide) groups is 1. The third-order valence-corrected chi connectivity index (χ3v) is 6.10. The van der Waals surface area contributed by atoms with Gasteiger partial charge in [-0.1, -0.05) is 0 Å². The predicted octanol–water partition coefficient (Wildman–Crippen LogP) is 3.26. The topological polar surface area (TPSA) is 54.5 Å². The molecule has 4 nitrogen and oxygen atoms in total. The largest absolute Gasteiger partial charge is 0.471 e. The number of rotatable bonds is 3. The van der Waals surface area contributed by atoms with Crippen molar-refractivity contribution in [2.45, 2.75) is 34.1 Å². The zero-order valence-corrected chi connectivity index (χ0v) is 14.1. The zero-order valence-electron chi connectivity index (χ0n) is 11.7. The Bertz CT molecular complexity index is 669. The van der Waals surface area contributed by atoms with E-state index in [2.05, 4.69) is 0 Å². The second-order valence-electron chi connectivity index (χ2n) is 5.02. The van der Waals surface area contributed by atoms with E-state index in [-0.39, 0.29) is 23.2 Å². The van der Waals surface area contributed by atoms with Crippen LogP contribution in [0.5, 0.6) is 0 Å². The Morgan fingerprint density at radius 1 is 1.17 bits per heavy atom. The van der Waals surface area contributed by atoms with Gasteiger partial charge in [0.25, 0.3) is 9.05 Å². The van der Waals surface area contributed by atoms with Gasteiger partial charge in [-0.3, -0.25) is 4.79 Å². The quantitative estimate of drug-likeness (QED) is 0.747. The Labute approximate surface area is 140 Å². The Balaban J connectivity index is 1.91. The Hall–Kier alpha value is -0.930. The number of alkyl halides is 3. The molecule has 1 amide bonds.